The molecule has 0 bridgehead atoms. The lowest BCUT2D eigenvalue weighted by atomic mass is 9.73. The summed E-state index contributed by atoms with van der Waals surface area (Å²) in [6, 6.07) is 30.4. The van der Waals surface area contributed by atoms with E-state index in [1.54, 1.807) is 4.90 Å². The minimum atomic E-state index is -0.744. The molecule has 1 atom stereocenters. The average molecular weight is 468 g/mol. The molecule has 2 fully saturated rings. The van der Waals surface area contributed by atoms with Gasteiger partial charge in [0.15, 0.2) is 0 Å². The summed E-state index contributed by atoms with van der Waals surface area (Å²) in [5.74, 6) is -0.0772. The molecular weight excluding hydrogens is 434 g/mol. The van der Waals surface area contributed by atoms with Gasteiger partial charge >= 0.3 is 0 Å². The van der Waals surface area contributed by atoms with Crippen LogP contribution in [0.4, 0.5) is 0 Å². The van der Waals surface area contributed by atoms with E-state index in [0.717, 1.165) is 37.2 Å². The van der Waals surface area contributed by atoms with Crippen molar-refractivity contribution < 1.29 is 9.59 Å². The lowest BCUT2D eigenvalue weighted by Gasteiger charge is -2.30. The van der Waals surface area contributed by atoms with Crippen LogP contribution in [0.3, 0.4) is 0 Å². The number of amides is 2. The number of carbonyl (C=O) groups is 2. The quantitative estimate of drug-likeness (QED) is 0.572. The second-order valence-electron chi connectivity index (χ2n) is 10.2. The summed E-state index contributed by atoms with van der Waals surface area (Å²) in [4.78, 5) is 31.1. The van der Waals surface area contributed by atoms with Crippen molar-refractivity contribution in [1.82, 2.24) is 15.1 Å². The lowest BCUT2D eigenvalue weighted by molar-refractivity contribution is -0.136. The monoisotopic (exact) mass is 467 g/mol. The van der Waals surface area contributed by atoms with E-state index in [0.29, 0.717) is 13.0 Å². The Balaban J connectivity index is 1.26. The molecule has 1 unspecified atom stereocenters. The predicted octanol–water partition coefficient (Wildman–Crippen LogP) is 3.99. The highest BCUT2D eigenvalue weighted by molar-refractivity contribution is 5.96. The van der Waals surface area contributed by atoms with E-state index in [4.69, 9.17) is 0 Å². The number of rotatable bonds is 7. The van der Waals surface area contributed by atoms with Crippen molar-refractivity contribution in [3.05, 3.63) is 108 Å². The molecule has 180 valence electrons. The first-order valence-electron chi connectivity index (χ1n) is 12.5. The van der Waals surface area contributed by atoms with Crippen LogP contribution in [0.2, 0.25) is 0 Å². The standard InChI is InChI=1S/C30H33N3O2/c1-29(17-19-32(23-29)21-24-11-5-2-6-12-24)31-27(34)22-33-20-18-30(28(33)35,25-13-7-3-8-14-25)26-15-9-4-10-16-26/h2-16H,17-23H2,1H3,(H,31,34). The summed E-state index contributed by atoms with van der Waals surface area (Å²) in [7, 11) is 0. The molecule has 1 N–H and O–H groups in total. The Morgan fingerprint density at radius 3 is 2.00 bits per heavy atom. The summed E-state index contributed by atoms with van der Waals surface area (Å²) >= 11 is 0. The normalized spacial score (nSPS) is 21.9. The first kappa shape index (κ1) is 23.3. The van der Waals surface area contributed by atoms with Crippen molar-refractivity contribution in [3.63, 3.8) is 0 Å². The number of carbonyl (C=O) groups excluding carboxylic acids is 2. The van der Waals surface area contributed by atoms with Crippen molar-refractivity contribution in [2.45, 2.75) is 37.3 Å². The fourth-order valence-corrected chi connectivity index (χ4v) is 5.76. The largest absolute Gasteiger partial charge is 0.348 e. The summed E-state index contributed by atoms with van der Waals surface area (Å²) in [6.45, 7) is 5.40. The van der Waals surface area contributed by atoms with Crippen molar-refractivity contribution in [2.75, 3.05) is 26.2 Å². The van der Waals surface area contributed by atoms with Crippen LogP contribution >= 0.6 is 0 Å². The van der Waals surface area contributed by atoms with Gasteiger partial charge < -0.3 is 10.2 Å². The Labute approximate surface area is 207 Å². The molecule has 0 saturated carbocycles. The van der Waals surface area contributed by atoms with Crippen LogP contribution in [-0.2, 0) is 21.5 Å². The smallest absolute Gasteiger partial charge is 0.240 e. The highest BCUT2D eigenvalue weighted by Gasteiger charge is 2.49. The fraction of sp³-hybridized carbons (Fsp3) is 0.333. The molecule has 2 amide bonds. The third-order valence-electron chi connectivity index (χ3n) is 7.52. The van der Waals surface area contributed by atoms with Crippen LogP contribution < -0.4 is 5.32 Å². The Morgan fingerprint density at radius 1 is 0.829 bits per heavy atom. The summed E-state index contributed by atoms with van der Waals surface area (Å²) in [6.07, 6.45) is 1.56. The molecule has 3 aromatic rings. The molecular formula is C30H33N3O2. The van der Waals surface area contributed by atoms with Crippen LogP contribution in [0.25, 0.3) is 0 Å². The second-order valence-corrected chi connectivity index (χ2v) is 10.2. The van der Waals surface area contributed by atoms with Gasteiger partial charge in [0.2, 0.25) is 11.8 Å². The van der Waals surface area contributed by atoms with E-state index in [1.807, 2.05) is 66.7 Å². The number of nitrogens with zero attached hydrogens (tertiary/aromatic N) is 2. The number of likely N-dealkylation sites (tertiary alicyclic amines) is 2. The first-order valence-corrected chi connectivity index (χ1v) is 12.5. The van der Waals surface area contributed by atoms with Gasteiger partial charge in [-0.15, -0.1) is 0 Å². The highest BCUT2D eigenvalue weighted by atomic mass is 16.2. The summed E-state index contributed by atoms with van der Waals surface area (Å²) < 4.78 is 0. The summed E-state index contributed by atoms with van der Waals surface area (Å²) in [5, 5.41) is 3.25. The number of hydrogen-bond acceptors (Lipinski definition) is 3. The first-order chi connectivity index (χ1) is 17.0. The predicted molar refractivity (Wildman–Crippen MR) is 138 cm³/mol. The molecule has 0 aromatic heterocycles. The molecule has 5 nitrogen and oxygen atoms in total. The Bertz CT molecular complexity index is 1130. The number of hydrogen-bond donors (Lipinski definition) is 1. The fourth-order valence-electron chi connectivity index (χ4n) is 5.76. The third kappa shape index (κ3) is 4.73. The Kier molecular flexibility index (Phi) is 6.44. The van der Waals surface area contributed by atoms with Crippen LogP contribution in [0.15, 0.2) is 91.0 Å². The van der Waals surface area contributed by atoms with Crippen LogP contribution in [-0.4, -0.2) is 53.3 Å². The van der Waals surface area contributed by atoms with Gasteiger partial charge in [0, 0.05) is 26.2 Å². The van der Waals surface area contributed by atoms with Crippen LogP contribution in [0.1, 0.15) is 36.5 Å². The minimum Gasteiger partial charge on any atom is -0.348 e. The molecule has 0 spiro atoms. The number of nitrogens with one attached hydrogen (secondary N) is 1. The van der Waals surface area contributed by atoms with Crippen molar-refractivity contribution in [3.8, 4) is 0 Å². The van der Waals surface area contributed by atoms with Gasteiger partial charge in [-0.05, 0) is 36.5 Å². The van der Waals surface area contributed by atoms with E-state index in [2.05, 4.69) is 41.4 Å². The molecule has 2 heterocycles. The molecule has 35 heavy (non-hydrogen) atoms. The molecule has 0 aliphatic carbocycles. The van der Waals surface area contributed by atoms with Gasteiger partial charge in [-0.25, -0.2) is 0 Å². The molecule has 2 aliphatic rings. The summed E-state index contributed by atoms with van der Waals surface area (Å²) in [5.41, 5.74) is 2.22. The Hall–Kier alpha value is -3.44. The zero-order valence-electron chi connectivity index (χ0n) is 20.3. The van der Waals surface area contributed by atoms with E-state index in [9.17, 15) is 9.59 Å². The van der Waals surface area contributed by atoms with Gasteiger partial charge in [0.25, 0.3) is 0 Å². The van der Waals surface area contributed by atoms with Gasteiger partial charge in [-0.2, -0.15) is 0 Å². The molecule has 3 aromatic carbocycles. The molecule has 0 radical (unpaired) electrons. The van der Waals surface area contributed by atoms with E-state index >= 15 is 0 Å². The van der Waals surface area contributed by atoms with Crippen molar-refractivity contribution >= 4 is 11.8 Å². The van der Waals surface area contributed by atoms with E-state index < -0.39 is 5.41 Å². The second kappa shape index (κ2) is 9.67. The topological polar surface area (TPSA) is 52.7 Å². The van der Waals surface area contributed by atoms with Crippen LogP contribution in [0, 0.1) is 0 Å². The SMILES string of the molecule is CC1(NC(=O)CN2CCC(c3ccccc3)(c3ccccc3)C2=O)CCN(Cc2ccccc2)C1. The molecule has 2 aliphatic heterocycles. The maximum Gasteiger partial charge on any atom is 0.240 e. The van der Waals surface area contributed by atoms with Crippen LogP contribution in [0.5, 0.6) is 0 Å². The third-order valence-corrected chi connectivity index (χ3v) is 7.52. The zero-order chi connectivity index (χ0) is 24.3. The van der Waals surface area contributed by atoms with Gasteiger partial charge in [0.1, 0.15) is 5.41 Å². The molecule has 5 heteroatoms. The zero-order valence-corrected chi connectivity index (χ0v) is 20.3. The lowest BCUT2D eigenvalue weighted by Crippen LogP contribution is -2.52. The van der Waals surface area contributed by atoms with Crippen molar-refractivity contribution in [1.29, 1.82) is 0 Å². The van der Waals surface area contributed by atoms with E-state index in [-0.39, 0.29) is 23.9 Å². The molecule has 2 saturated heterocycles. The van der Waals surface area contributed by atoms with E-state index in [1.165, 1.54) is 5.56 Å². The van der Waals surface area contributed by atoms with Gasteiger partial charge in [-0.1, -0.05) is 91.0 Å². The maximum absolute atomic E-state index is 13.9. The number of benzene rings is 3. The highest BCUT2D eigenvalue weighted by Crippen LogP contribution is 2.41. The Morgan fingerprint density at radius 2 is 1.40 bits per heavy atom. The average Bonchev–Trinajstić information content (AvgIpc) is 3.40. The molecule has 5 rings (SSSR count). The van der Waals surface area contributed by atoms with Gasteiger partial charge in [-0.3, -0.25) is 14.5 Å². The van der Waals surface area contributed by atoms with Crippen molar-refractivity contribution in [2.24, 2.45) is 0 Å². The van der Waals surface area contributed by atoms with Gasteiger partial charge in [0.05, 0.1) is 12.1 Å². The maximum atomic E-state index is 13.9. The minimum absolute atomic E-state index is 0.00679.